The Balaban J connectivity index is 1.33. The van der Waals surface area contributed by atoms with Gasteiger partial charge in [-0.1, -0.05) is 48.0 Å². The quantitative estimate of drug-likeness (QED) is 0.713. The highest BCUT2D eigenvalue weighted by atomic mass is 35.5. The number of amides is 1. The summed E-state index contributed by atoms with van der Waals surface area (Å²) in [6, 6.07) is 19.6. The molecule has 0 bridgehead atoms. The largest absolute Gasteiger partial charge is 0.368 e. The molecule has 5 nitrogen and oxygen atoms in total. The van der Waals surface area contributed by atoms with E-state index in [4.69, 9.17) is 11.6 Å². The molecule has 1 N–H and O–H groups in total. The predicted octanol–water partition coefficient (Wildman–Crippen LogP) is 3.98. The first-order valence-electron chi connectivity index (χ1n) is 9.37. The van der Waals surface area contributed by atoms with E-state index in [2.05, 4.69) is 27.6 Å². The molecule has 142 valence electrons. The Labute approximate surface area is 169 Å². The molecule has 1 aromatic heterocycles. The second-order valence-electron chi connectivity index (χ2n) is 6.85. The average Bonchev–Trinajstić information content (AvgIpc) is 2.75. The highest BCUT2D eigenvalue weighted by Gasteiger charge is 2.22. The van der Waals surface area contributed by atoms with E-state index in [1.165, 1.54) is 16.7 Å². The van der Waals surface area contributed by atoms with Crippen molar-refractivity contribution in [3.05, 3.63) is 88.1 Å². The lowest BCUT2D eigenvalue weighted by atomic mass is 10.00. The Kier molecular flexibility index (Phi) is 5.53. The molecule has 2 aromatic carbocycles. The van der Waals surface area contributed by atoms with E-state index in [0.717, 1.165) is 24.4 Å². The van der Waals surface area contributed by atoms with Gasteiger partial charge in [0.25, 0.3) is 5.91 Å². The second kappa shape index (κ2) is 8.40. The van der Waals surface area contributed by atoms with Crippen molar-refractivity contribution in [2.24, 2.45) is 0 Å². The van der Waals surface area contributed by atoms with Crippen LogP contribution in [0.4, 0.5) is 5.82 Å². The maximum Gasteiger partial charge on any atom is 0.274 e. The lowest BCUT2D eigenvalue weighted by Gasteiger charge is -2.28. The Morgan fingerprint density at radius 1 is 1.00 bits per heavy atom. The Bertz CT molecular complexity index is 957. The van der Waals surface area contributed by atoms with E-state index in [0.29, 0.717) is 24.6 Å². The third kappa shape index (κ3) is 4.31. The van der Waals surface area contributed by atoms with Gasteiger partial charge in [-0.3, -0.25) is 4.79 Å². The molecule has 0 atom stereocenters. The zero-order valence-corrected chi connectivity index (χ0v) is 16.2. The summed E-state index contributed by atoms with van der Waals surface area (Å²) >= 11 is 5.90. The summed E-state index contributed by atoms with van der Waals surface area (Å²) in [5, 5.41) is 12.3. The van der Waals surface area contributed by atoms with E-state index in [-0.39, 0.29) is 5.91 Å². The van der Waals surface area contributed by atoms with Gasteiger partial charge >= 0.3 is 0 Å². The van der Waals surface area contributed by atoms with Gasteiger partial charge in [-0.25, -0.2) is 0 Å². The van der Waals surface area contributed by atoms with E-state index in [9.17, 15) is 4.79 Å². The van der Waals surface area contributed by atoms with Crippen LogP contribution in [0.3, 0.4) is 0 Å². The van der Waals surface area contributed by atoms with Crippen molar-refractivity contribution in [1.82, 2.24) is 15.1 Å². The third-order valence-corrected chi connectivity index (χ3v) is 5.19. The summed E-state index contributed by atoms with van der Waals surface area (Å²) in [7, 11) is 0. The Morgan fingerprint density at radius 2 is 1.79 bits per heavy atom. The van der Waals surface area contributed by atoms with Crippen LogP contribution in [-0.2, 0) is 19.4 Å². The van der Waals surface area contributed by atoms with Gasteiger partial charge in [0.1, 0.15) is 5.82 Å². The van der Waals surface area contributed by atoms with Gasteiger partial charge < -0.3 is 10.2 Å². The highest BCUT2D eigenvalue weighted by molar-refractivity contribution is 6.30. The first kappa shape index (κ1) is 18.4. The predicted molar refractivity (Wildman–Crippen MR) is 111 cm³/mol. The fourth-order valence-corrected chi connectivity index (χ4v) is 3.48. The molecule has 0 spiro atoms. The van der Waals surface area contributed by atoms with Crippen molar-refractivity contribution < 1.29 is 4.79 Å². The minimum Gasteiger partial charge on any atom is -0.368 e. The number of hydrogen-bond donors (Lipinski definition) is 1. The molecular weight excluding hydrogens is 372 g/mol. The highest BCUT2D eigenvalue weighted by Crippen LogP contribution is 2.20. The van der Waals surface area contributed by atoms with E-state index >= 15 is 0 Å². The molecule has 0 aliphatic carbocycles. The fraction of sp³-hybridized carbons (Fsp3) is 0.227. The first-order chi connectivity index (χ1) is 13.7. The number of carbonyl (C=O) groups excluding carboxylic acids is 1. The van der Waals surface area contributed by atoms with Gasteiger partial charge in [-0.05, 0) is 53.8 Å². The molecule has 28 heavy (non-hydrogen) atoms. The minimum atomic E-state index is -0.0743. The molecule has 1 amide bonds. The maximum atomic E-state index is 12.7. The van der Waals surface area contributed by atoms with Crippen LogP contribution >= 0.6 is 11.6 Å². The number of anilines is 1. The van der Waals surface area contributed by atoms with Crippen molar-refractivity contribution in [1.29, 1.82) is 0 Å². The lowest BCUT2D eigenvalue weighted by molar-refractivity contribution is 0.0727. The first-order valence-corrected chi connectivity index (χ1v) is 9.75. The van der Waals surface area contributed by atoms with Crippen LogP contribution in [0.5, 0.6) is 0 Å². The van der Waals surface area contributed by atoms with Crippen LogP contribution in [0.15, 0.2) is 60.7 Å². The van der Waals surface area contributed by atoms with Gasteiger partial charge in [0.05, 0.1) is 0 Å². The van der Waals surface area contributed by atoms with Crippen molar-refractivity contribution in [2.45, 2.75) is 19.4 Å². The van der Waals surface area contributed by atoms with Crippen LogP contribution in [0, 0.1) is 0 Å². The number of carbonyl (C=O) groups is 1. The molecule has 1 aliphatic rings. The molecule has 0 saturated heterocycles. The summed E-state index contributed by atoms with van der Waals surface area (Å²) in [6.07, 6.45) is 1.73. The topological polar surface area (TPSA) is 58.1 Å². The Hall–Kier alpha value is -2.92. The fourth-order valence-electron chi connectivity index (χ4n) is 3.36. The van der Waals surface area contributed by atoms with Gasteiger partial charge in [-0.2, -0.15) is 0 Å². The molecular formula is C22H21ClN4O. The molecule has 0 saturated carbocycles. The summed E-state index contributed by atoms with van der Waals surface area (Å²) < 4.78 is 0. The van der Waals surface area contributed by atoms with E-state index < -0.39 is 0 Å². The van der Waals surface area contributed by atoms with Crippen molar-refractivity contribution in [3.8, 4) is 0 Å². The van der Waals surface area contributed by atoms with Crippen LogP contribution in [0.1, 0.15) is 27.2 Å². The lowest BCUT2D eigenvalue weighted by Crippen LogP contribution is -2.36. The van der Waals surface area contributed by atoms with Crippen LogP contribution in [0.2, 0.25) is 5.02 Å². The molecule has 0 unspecified atom stereocenters. The van der Waals surface area contributed by atoms with Gasteiger partial charge in [-0.15, -0.1) is 10.2 Å². The van der Waals surface area contributed by atoms with Gasteiger partial charge in [0, 0.05) is 24.7 Å². The smallest absolute Gasteiger partial charge is 0.274 e. The molecule has 0 radical (unpaired) electrons. The number of benzene rings is 2. The van der Waals surface area contributed by atoms with Crippen molar-refractivity contribution >= 4 is 23.3 Å². The number of halogens is 1. The zero-order valence-electron chi connectivity index (χ0n) is 15.4. The summed E-state index contributed by atoms with van der Waals surface area (Å²) in [4.78, 5) is 14.6. The summed E-state index contributed by atoms with van der Waals surface area (Å²) in [5.74, 6) is 0.587. The zero-order chi connectivity index (χ0) is 19.3. The standard InChI is InChI=1S/C22H21ClN4O/c23-19-7-5-16(6-8-19)11-13-24-21-10-9-20(25-26-21)22(28)27-14-12-17-3-1-2-4-18(17)15-27/h1-10H,11-15H2,(H,24,26). The SMILES string of the molecule is O=C(c1ccc(NCCc2ccc(Cl)cc2)nn1)N1CCc2ccccc2C1. The molecule has 0 fully saturated rings. The number of nitrogens with one attached hydrogen (secondary N) is 1. The Morgan fingerprint density at radius 3 is 2.54 bits per heavy atom. The van der Waals surface area contributed by atoms with Crippen LogP contribution in [-0.4, -0.2) is 34.1 Å². The van der Waals surface area contributed by atoms with Crippen LogP contribution < -0.4 is 5.32 Å². The molecule has 2 heterocycles. The number of hydrogen-bond acceptors (Lipinski definition) is 4. The summed E-state index contributed by atoms with van der Waals surface area (Å²) in [6.45, 7) is 2.06. The number of fused-ring (bicyclic) bond motifs is 1. The van der Waals surface area contributed by atoms with E-state index in [1.807, 2.05) is 41.3 Å². The maximum absolute atomic E-state index is 12.7. The molecule has 4 rings (SSSR count). The van der Waals surface area contributed by atoms with E-state index in [1.54, 1.807) is 12.1 Å². The van der Waals surface area contributed by atoms with Crippen LogP contribution in [0.25, 0.3) is 0 Å². The molecule has 1 aliphatic heterocycles. The third-order valence-electron chi connectivity index (χ3n) is 4.93. The number of nitrogens with zero attached hydrogens (tertiary/aromatic N) is 3. The number of aromatic nitrogens is 2. The summed E-state index contributed by atoms with van der Waals surface area (Å²) in [5.41, 5.74) is 4.10. The van der Waals surface area contributed by atoms with Gasteiger partial charge in [0.15, 0.2) is 5.69 Å². The van der Waals surface area contributed by atoms with Gasteiger partial charge in [0.2, 0.25) is 0 Å². The normalized spacial score (nSPS) is 13.1. The molecule has 6 heteroatoms. The molecule has 3 aromatic rings. The minimum absolute atomic E-state index is 0.0743. The average molecular weight is 393 g/mol. The van der Waals surface area contributed by atoms with Crippen molar-refractivity contribution in [2.75, 3.05) is 18.4 Å². The monoisotopic (exact) mass is 392 g/mol. The van der Waals surface area contributed by atoms with Crippen molar-refractivity contribution in [3.63, 3.8) is 0 Å². The second-order valence-corrected chi connectivity index (χ2v) is 7.29. The number of rotatable bonds is 5.